The van der Waals surface area contributed by atoms with E-state index in [0.29, 0.717) is 6.61 Å². The van der Waals surface area contributed by atoms with Gasteiger partial charge in [-0.1, -0.05) is 18.2 Å². The van der Waals surface area contributed by atoms with Gasteiger partial charge in [0.15, 0.2) is 0 Å². The fourth-order valence-electron chi connectivity index (χ4n) is 2.74. The van der Waals surface area contributed by atoms with Crippen molar-refractivity contribution in [1.82, 2.24) is 0 Å². The Balaban J connectivity index is 1.67. The molecule has 3 unspecified atom stereocenters. The van der Waals surface area contributed by atoms with Gasteiger partial charge in [-0.25, -0.2) is 0 Å². The Morgan fingerprint density at radius 2 is 2.18 bits per heavy atom. The molecule has 1 aromatic carbocycles. The Morgan fingerprint density at radius 1 is 1.29 bits per heavy atom. The van der Waals surface area contributed by atoms with Crippen LogP contribution in [0, 0.1) is 5.92 Å². The molecule has 1 aromatic rings. The van der Waals surface area contributed by atoms with Gasteiger partial charge in [0, 0.05) is 18.9 Å². The maximum absolute atomic E-state index is 10.3. The summed E-state index contributed by atoms with van der Waals surface area (Å²) in [7, 11) is 0. The quantitative estimate of drug-likeness (QED) is 0.847. The SMILES string of the molecule is OC(C1CCCOC1)C1Cc2ccccc2O1. The number of para-hydroxylation sites is 1. The van der Waals surface area contributed by atoms with Crippen LogP contribution in [0.2, 0.25) is 0 Å². The minimum absolute atomic E-state index is 0.0981. The van der Waals surface area contributed by atoms with E-state index in [0.717, 1.165) is 31.6 Å². The number of fused-ring (bicyclic) bond motifs is 1. The number of aliphatic hydroxyl groups is 1. The van der Waals surface area contributed by atoms with Gasteiger partial charge in [0.25, 0.3) is 0 Å². The summed E-state index contributed by atoms with van der Waals surface area (Å²) in [5.41, 5.74) is 1.20. The number of hydrogen-bond donors (Lipinski definition) is 1. The topological polar surface area (TPSA) is 38.7 Å². The standard InChI is InChI=1S/C14H18O3/c15-14(11-5-3-7-16-9-11)13-8-10-4-1-2-6-12(10)17-13/h1-2,4,6,11,13-15H,3,5,7-9H2. The molecule has 0 radical (unpaired) electrons. The molecule has 1 saturated heterocycles. The fourth-order valence-corrected chi connectivity index (χ4v) is 2.74. The van der Waals surface area contributed by atoms with Crippen LogP contribution in [0.3, 0.4) is 0 Å². The van der Waals surface area contributed by atoms with Gasteiger partial charge in [-0.3, -0.25) is 0 Å². The van der Waals surface area contributed by atoms with E-state index < -0.39 is 6.10 Å². The first-order valence-electron chi connectivity index (χ1n) is 6.35. The lowest BCUT2D eigenvalue weighted by Crippen LogP contribution is -2.40. The molecular formula is C14H18O3. The van der Waals surface area contributed by atoms with Gasteiger partial charge in [-0.15, -0.1) is 0 Å². The summed E-state index contributed by atoms with van der Waals surface area (Å²) in [4.78, 5) is 0. The van der Waals surface area contributed by atoms with Crippen molar-refractivity contribution >= 4 is 0 Å². The highest BCUT2D eigenvalue weighted by Crippen LogP contribution is 2.32. The highest BCUT2D eigenvalue weighted by Gasteiger charge is 2.34. The second kappa shape index (κ2) is 4.67. The minimum atomic E-state index is -0.414. The van der Waals surface area contributed by atoms with E-state index >= 15 is 0 Å². The molecule has 3 nitrogen and oxygen atoms in total. The highest BCUT2D eigenvalue weighted by molar-refractivity contribution is 5.37. The Labute approximate surface area is 101 Å². The first-order chi connectivity index (χ1) is 8.34. The second-order valence-corrected chi connectivity index (χ2v) is 4.94. The Bertz CT molecular complexity index is 360. The van der Waals surface area contributed by atoms with Crippen LogP contribution < -0.4 is 4.74 Å². The van der Waals surface area contributed by atoms with Crippen molar-refractivity contribution in [2.45, 2.75) is 31.5 Å². The van der Waals surface area contributed by atoms with Gasteiger partial charge in [0.2, 0.25) is 0 Å². The summed E-state index contributed by atoms with van der Waals surface area (Å²) in [5, 5.41) is 10.3. The Hall–Kier alpha value is -1.06. The molecule has 17 heavy (non-hydrogen) atoms. The average Bonchev–Trinajstić information content (AvgIpc) is 2.82. The molecule has 2 aliphatic heterocycles. The zero-order chi connectivity index (χ0) is 11.7. The molecule has 0 spiro atoms. The highest BCUT2D eigenvalue weighted by atomic mass is 16.5. The van der Waals surface area contributed by atoms with E-state index in [4.69, 9.17) is 9.47 Å². The van der Waals surface area contributed by atoms with E-state index in [1.807, 2.05) is 18.2 Å². The molecule has 92 valence electrons. The van der Waals surface area contributed by atoms with Crippen LogP contribution in [-0.4, -0.2) is 30.5 Å². The van der Waals surface area contributed by atoms with Gasteiger partial charge >= 0.3 is 0 Å². The van der Waals surface area contributed by atoms with E-state index in [2.05, 4.69) is 6.07 Å². The van der Waals surface area contributed by atoms with E-state index in [1.165, 1.54) is 5.56 Å². The number of ether oxygens (including phenoxy) is 2. The third-order valence-corrected chi connectivity index (χ3v) is 3.73. The maximum atomic E-state index is 10.3. The van der Waals surface area contributed by atoms with Crippen LogP contribution >= 0.6 is 0 Å². The molecule has 0 saturated carbocycles. The van der Waals surface area contributed by atoms with Crippen molar-refractivity contribution in [2.24, 2.45) is 5.92 Å². The van der Waals surface area contributed by atoms with Crippen LogP contribution in [0.4, 0.5) is 0 Å². The van der Waals surface area contributed by atoms with Crippen molar-refractivity contribution in [3.63, 3.8) is 0 Å². The smallest absolute Gasteiger partial charge is 0.129 e. The van der Waals surface area contributed by atoms with Crippen molar-refractivity contribution in [1.29, 1.82) is 0 Å². The van der Waals surface area contributed by atoms with Gasteiger partial charge in [0.1, 0.15) is 11.9 Å². The van der Waals surface area contributed by atoms with E-state index in [-0.39, 0.29) is 12.0 Å². The molecule has 0 amide bonds. The average molecular weight is 234 g/mol. The number of aliphatic hydroxyl groups excluding tert-OH is 1. The van der Waals surface area contributed by atoms with Gasteiger partial charge in [-0.05, 0) is 24.5 Å². The molecule has 3 atom stereocenters. The molecule has 3 heteroatoms. The largest absolute Gasteiger partial charge is 0.487 e. The van der Waals surface area contributed by atoms with E-state index in [9.17, 15) is 5.11 Å². The molecule has 0 bridgehead atoms. The van der Waals surface area contributed by atoms with Crippen LogP contribution in [0.5, 0.6) is 5.75 Å². The predicted octanol–water partition coefficient (Wildman–Crippen LogP) is 1.78. The zero-order valence-corrected chi connectivity index (χ0v) is 9.84. The van der Waals surface area contributed by atoms with Crippen LogP contribution in [-0.2, 0) is 11.2 Å². The third kappa shape index (κ3) is 2.17. The zero-order valence-electron chi connectivity index (χ0n) is 9.84. The molecule has 2 heterocycles. The lowest BCUT2D eigenvalue weighted by molar-refractivity contribution is -0.0505. The molecule has 1 N–H and O–H groups in total. The van der Waals surface area contributed by atoms with Gasteiger partial charge in [0.05, 0.1) is 12.7 Å². The predicted molar refractivity (Wildman–Crippen MR) is 64.1 cm³/mol. The normalized spacial score (nSPS) is 29.5. The van der Waals surface area contributed by atoms with Crippen molar-refractivity contribution < 1.29 is 14.6 Å². The van der Waals surface area contributed by atoms with Crippen molar-refractivity contribution in [3.8, 4) is 5.75 Å². The summed E-state index contributed by atoms with van der Waals surface area (Å²) in [5.74, 6) is 1.15. The Morgan fingerprint density at radius 3 is 2.94 bits per heavy atom. The monoisotopic (exact) mass is 234 g/mol. The summed E-state index contributed by atoms with van der Waals surface area (Å²) in [6.45, 7) is 1.49. The molecule has 0 aliphatic carbocycles. The molecule has 3 rings (SSSR count). The Kier molecular flexibility index (Phi) is 3.04. The fraction of sp³-hybridized carbons (Fsp3) is 0.571. The first-order valence-corrected chi connectivity index (χ1v) is 6.35. The molecule has 1 fully saturated rings. The lowest BCUT2D eigenvalue weighted by Gasteiger charge is -2.29. The minimum Gasteiger partial charge on any atom is -0.487 e. The maximum Gasteiger partial charge on any atom is 0.129 e. The number of benzene rings is 1. The number of hydrogen-bond acceptors (Lipinski definition) is 3. The van der Waals surface area contributed by atoms with Crippen LogP contribution in [0.25, 0.3) is 0 Å². The second-order valence-electron chi connectivity index (χ2n) is 4.94. The lowest BCUT2D eigenvalue weighted by atomic mass is 9.91. The van der Waals surface area contributed by atoms with Crippen LogP contribution in [0.1, 0.15) is 18.4 Å². The van der Waals surface area contributed by atoms with Crippen molar-refractivity contribution in [2.75, 3.05) is 13.2 Å². The summed E-state index contributed by atoms with van der Waals surface area (Å²) in [6, 6.07) is 8.02. The van der Waals surface area contributed by atoms with Crippen molar-refractivity contribution in [3.05, 3.63) is 29.8 Å². The molecule has 0 aromatic heterocycles. The summed E-state index contributed by atoms with van der Waals surface area (Å²) in [6.07, 6.45) is 2.38. The molecule has 2 aliphatic rings. The van der Waals surface area contributed by atoms with Crippen LogP contribution in [0.15, 0.2) is 24.3 Å². The third-order valence-electron chi connectivity index (χ3n) is 3.73. The summed E-state index contributed by atoms with van der Waals surface area (Å²) >= 11 is 0. The van der Waals surface area contributed by atoms with E-state index in [1.54, 1.807) is 0 Å². The van der Waals surface area contributed by atoms with Gasteiger partial charge < -0.3 is 14.6 Å². The van der Waals surface area contributed by atoms with Gasteiger partial charge in [-0.2, -0.15) is 0 Å². The number of rotatable bonds is 2. The first kappa shape index (κ1) is 11.1. The summed E-state index contributed by atoms with van der Waals surface area (Å²) < 4.78 is 11.2. The molecular weight excluding hydrogens is 216 g/mol.